The molecular formula is C14H17N5O2. The Labute approximate surface area is 122 Å². The van der Waals surface area contributed by atoms with Gasteiger partial charge in [-0.05, 0) is 19.1 Å². The highest BCUT2D eigenvalue weighted by Gasteiger charge is 2.15. The topological polar surface area (TPSA) is 83.1 Å². The molecular weight excluding hydrogens is 270 g/mol. The third-order valence-electron chi connectivity index (χ3n) is 3.37. The van der Waals surface area contributed by atoms with Crippen LogP contribution in [-0.2, 0) is 4.74 Å². The highest BCUT2D eigenvalue weighted by molar-refractivity contribution is 5.73. The fourth-order valence-corrected chi connectivity index (χ4v) is 2.24. The van der Waals surface area contributed by atoms with Crippen molar-refractivity contribution in [3.05, 3.63) is 40.3 Å². The molecule has 1 aliphatic rings. The number of aromatic nitrogens is 3. The van der Waals surface area contributed by atoms with Crippen molar-refractivity contribution in [1.29, 1.82) is 0 Å². The van der Waals surface area contributed by atoms with Gasteiger partial charge in [0.05, 0.1) is 24.6 Å². The normalized spacial score (nSPS) is 15.0. The van der Waals surface area contributed by atoms with E-state index in [0.717, 1.165) is 37.7 Å². The van der Waals surface area contributed by atoms with E-state index >= 15 is 0 Å². The molecule has 1 fully saturated rings. The first kappa shape index (κ1) is 13.6. The van der Waals surface area contributed by atoms with Gasteiger partial charge in [-0.1, -0.05) is 12.1 Å². The largest absolute Gasteiger partial charge is 0.378 e. The predicted molar refractivity (Wildman–Crippen MR) is 80.1 cm³/mol. The summed E-state index contributed by atoms with van der Waals surface area (Å²) in [5, 5.41) is 10.9. The molecule has 0 amide bonds. The molecule has 0 bridgehead atoms. The smallest absolute Gasteiger partial charge is 0.273 e. The van der Waals surface area contributed by atoms with Crippen LogP contribution in [0.3, 0.4) is 0 Å². The van der Waals surface area contributed by atoms with E-state index in [0.29, 0.717) is 11.6 Å². The van der Waals surface area contributed by atoms with Crippen LogP contribution in [0.5, 0.6) is 0 Å². The van der Waals surface area contributed by atoms with Gasteiger partial charge in [-0.15, -0.1) is 10.2 Å². The molecule has 0 saturated carbocycles. The molecule has 0 spiro atoms. The lowest BCUT2D eigenvalue weighted by Crippen LogP contribution is -2.36. The van der Waals surface area contributed by atoms with Gasteiger partial charge in [-0.3, -0.25) is 9.78 Å². The molecule has 2 heterocycles. The van der Waals surface area contributed by atoms with E-state index in [2.05, 4.69) is 25.4 Å². The van der Waals surface area contributed by atoms with E-state index < -0.39 is 0 Å². The summed E-state index contributed by atoms with van der Waals surface area (Å²) in [6.07, 6.45) is 0. The summed E-state index contributed by atoms with van der Waals surface area (Å²) in [4.78, 5) is 16.5. The summed E-state index contributed by atoms with van der Waals surface area (Å²) in [5.74, 6) is 0.339. The summed E-state index contributed by atoms with van der Waals surface area (Å²) in [7, 11) is 0. The molecule has 0 unspecified atom stereocenters. The Hall–Kier alpha value is -2.41. The first-order chi connectivity index (χ1) is 10.2. The first-order valence-electron chi connectivity index (χ1n) is 6.86. The molecule has 2 N–H and O–H groups in total. The van der Waals surface area contributed by atoms with Gasteiger partial charge in [-0.25, -0.2) is 0 Å². The van der Waals surface area contributed by atoms with Crippen molar-refractivity contribution < 1.29 is 4.74 Å². The van der Waals surface area contributed by atoms with Crippen LogP contribution in [0, 0.1) is 6.92 Å². The molecule has 1 saturated heterocycles. The van der Waals surface area contributed by atoms with Crippen LogP contribution in [-0.4, -0.2) is 41.5 Å². The molecule has 7 nitrogen and oxygen atoms in total. The number of hydrogen-bond acceptors (Lipinski definition) is 6. The number of rotatable bonds is 3. The Morgan fingerprint density at radius 2 is 2.00 bits per heavy atom. The van der Waals surface area contributed by atoms with Crippen LogP contribution in [0.4, 0.5) is 17.3 Å². The Morgan fingerprint density at radius 1 is 1.24 bits per heavy atom. The van der Waals surface area contributed by atoms with E-state index in [1.807, 2.05) is 24.3 Å². The standard InChI is InChI=1S/C14H17N5O2/c1-10-13(20)16-14(18-17-10)15-11-4-2-3-5-12(11)19-6-8-21-9-7-19/h2-5H,6-9H2,1H3,(H2,15,16,18,20). The third-order valence-corrected chi connectivity index (χ3v) is 3.37. The quantitative estimate of drug-likeness (QED) is 0.878. The molecule has 1 aromatic carbocycles. The number of nitrogens with zero attached hydrogens (tertiary/aromatic N) is 3. The van der Waals surface area contributed by atoms with Crippen LogP contribution >= 0.6 is 0 Å². The van der Waals surface area contributed by atoms with Crippen LogP contribution in [0.15, 0.2) is 29.1 Å². The predicted octanol–water partition coefficient (Wildman–Crippen LogP) is 1.05. The van der Waals surface area contributed by atoms with E-state index in [9.17, 15) is 4.79 Å². The Balaban J connectivity index is 1.87. The van der Waals surface area contributed by atoms with Crippen molar-refractivity contribution in [2.75, 3.05) is 36.5 Å². The van der Waals surface area contributed by atoms with Gasteiger partial charge in [0.1, 0.15) is 5.69 Å². The molecule has 7 heteroatoms. The van der Waals surface area contributed by atoms with E-state index in [-0.39, 0.29) is 5.56 Å². The Morgan fingerprint density at radius 3 is 2.76 bits per heavy atom. The molecule has 0 atom stereocenters. The van der Waals surface area contributed by atoms with Crippen molar-refractivity contribution >= 4 is 17.3 Å². The molecule has 1 aromatic heterocycles. The van der Waals surface area contributed by atoms with Gasteiger partial charge in [0, 0.05) is 13.1 Å². The fraction of sp³-hybridized carbons (Fsp3) is 0.357. The number of anilines is 3. The zero-order valence-electron chi connectivity index (χ0n) is 11.8. The van der Waals surface area contributed by atoms with E-state index in [1.54, 1.807) is 6.92 Å². The average molecular weight is 287 g/mol. The number of nitrogens with one attached hydrogen (secondary N) is 2. The fourth-order valence-electron chi connectivity index (χ4n) is 2.24. The number of H-pyrrole nitrogens is 1. The zero-order chi connectivity index (χ0) is 14.7. The highest BCUT2D eigenvalue weighted by Crippen LogP contribution is 2.27. The van der Waals surface area contributed by atoms with Crippen molar-refractivity contribution in [3.8, 4) is 0 Å². The number of morpholine rings is 1. The lowest BCUT2D eigenvalue weighted by Gasteiger charge is -2.30. The monoisotopic (exact) mass is 287 g/mol. The van der Waals surface area contributed by atoms with Crippen molar-refractivity contribution in [1.82, 2.24) is 15.2 Å². The summed E-state index contributed by atoms with van der Waals surface area (Å²) in [6.45, 7) is 4.74. The number of para-hydroxylation sites is 2. The van der Waals surface area contributed by atoms with Crippen molar-refractivity contribution in [3.63, 3.8) is 0 Å². The van der Waals surface area contributed by atoms with Gasteiger partial charge < -0.3 is 15.0 Å². The summed E-state index contributed by atoms with van der Waals surface area (Å²) >= 11 is 0. The minimum atomic E-state index is -0.239. The van der Waals surface area contributed by atoms with Crippen LogP contribution in [0.25, 0.3) is 0 Å². The summed E-state index contributed by atoms with van der Waals surface area (Å²) in [6, 6.07) is 7.91. The minimum Gasteiger partial charge on any atom is -0.378 e. The Kier molecular flexibility index (Phi) is 3.83. The van der Waals surface area contributed by atoms with E-state index in [4.69, 9.17) is 4.74 Å². The number of hydrogen-bond donors (Lipinski definition) is 2. The molecule has 1 aliphatic heterocycles. The van der Waals surface area contributed by atoms with Gasteiger partial charge in [0.15, 0.2) is 0 Å². The molecule has 0 radical (unpaired) electrons. The second-order valence-corrected chi connectivity index (χ2v) is 4.83. The van der Waals surface area contributed by atoms with Gasteiger partial charge in [0.2, 0.25) is 5.95 Å². The molecule has 3 rings (SSSR count). The van der Waals surface area contributed by atoms with Crippen molar-refractivity contribution in [2.24, 2.45) is 0 Å². The van der Waals surface area contributed by atoms with Crippen molar-refractivity contribution in [2.45, 2.75) is 6.92 Å². The number of benzene rings is 1. The van der Waals surface area contributed by atoms with E-state index in [1.165, 1.54) is 0 Å². The molecule has 110 valence electrons. The second-order valence-electron chi connectivity index (χ2n) is 4.83. The molecule has 0 aliphatic carbocycles. The van der Waals surface area contributed by atoms with Crippen LogP contribution in [0.1, 0.15) is 5.69 Å². The lowest BCUT2D eigenvalue weighted by molar-refractivity contribution is 0.123. The summed E-state index contributed by atoms with van der Waals surface area (Å²) < 4.78 is 5.38. The lowest BCUT2D eigenvalue weighted by atomic mass is 10.2. The highest BCUT2D eigenvalue weighted by atomic mass is 16.5. The number of aryl methyl sites for hydroxylation is 1. The zero-order valence-corrected chi connectivity index (χ0v) is 11.8. The van der Waals surface area contributed by atoms with Gasteiger partial charge in [0.25, 0.3) is 5.56 Å². The third kappa shape index (κ3) is 3.03. The first-order valence-corrected chi connectivity index (χ1v) is 6.86. The average Bonchev–Trinajstić information content (AvgIpc) is 2.52. The number of aromatic amines is 1. The number of ether oxygens (including phenoxy) is 1. The minimum absolute atomic E-state index is 0.239. The second kappa shape index (κ2) is 5.92. The summed E-state index contributed by atoms with van der Waals surface area (Å²) in [5.41, 5.74) is 2.05. The maximum atomic E-state index is 11.6. The van der Waals surface area contributed by atoms with Gasteiger partial charge >= 0.3 is 0 Å². The Bertz CT molecular complexity index is 679. The van der Waals surface area contributed by atoms with Gasteiger partial charge in [-0.2, -0.15) is 0 Å². The molecule has 21 heavy (non-hydrogen) atoms. The van der Waals surface area contributed by atoms with Crippen LogP contribution in [0.2, 0.25) is 0 Å². The maximum absolute atomic E-state index is 11.6. The SMILES string of the molecule is Cc1nnc(Nc2ccccc2N2CCOCC2)[nH]c1=O. The maximum Gasteiger partial charge on any atom is 0.273 e. The van der Waals surface area contributed by atoms with Crippen LogP contribution < -0.4 is 15.8 Å². The molecule has 2 aromatic rings.